The number of esters is 1. The minimum atomic E-state index is -2.06. The summed E-state index contributed by atoms with van der Waals surface area (Å²) < 4.78 is 18.8. The number of carbonyl (C=O) groups is 1. The summed E-state index contributed by atoms with van der Waals surface area (Å²) in [5.74, 6) is -1.05. The average Bonchev–Trinajstić information content (AvgIpc) is 2.37. The van der Waals surface area contributed by atoms with Gasteiger partial charge in [-0.05, 0) is 24.6 Å². The number of carbonyl (C=O) groups excluding carboxylic acids is 1. The molecule has 1 rings (SSSR count). The minimum Gasteiger partial charge on any atom is -0.464 e. The molecule has 3 nitrogen and oxygen atoms in total. The van der Waals surface area contributed by atoms with Gasteiger partial charge in [-0.2, -0.15) is 0 Å². The molecule has 0 heterocycles. The molecule has 2 atom stereocenters. The molecule has 0 saturated carbocycles. The Morgan fingerprint density at radius 1 is 1.50 bits per heavy atom. The van der Waals surface area contributed by atoms with Crippen molar-refractivity contribution in [2.45, 2.75) is 19.2 Å². The average molecular weight is 317 g/mol. The molecular formula is C13H14BrFO3. The number of halogens is 2. The van der Waals surface area contributed by atoms with Crippen molar-refractivity contribution in [3.05, 3.63) is 40.4 Å². The van der Waals surface area contributed by atoms with Crippen molar-refractivity contribution in [1.29, 1.82) is 0 Å². The molecule has 0 spiro atoms. The summed E-state index contributed by atoms with van der Waals surface area (Å²) >= 11 is 3.29. The first kappa shape index (κ1) is 14.9. The zero-order chi connectivity index (χ0) is 13.5. The summed E-state index contributed by atoms with van der Waals surface area (Å²) in [5.41, 5.74) is 0.799. The molecule has 2 unspecified atom stereocenters. The zero-order valence-electron chi connectivity index (χ0n) is 9.85. The Labute approximate surface area is 113 Å². The van der Waals surface area contributed by atoms with Gasteiger partial charge in [0.05, 0.1) is 6.61 Å². The lowest BCUT2D eigenvalue weighted by atomic mass is 10.1. The van der Waals surface area contributed by atoms with Gasteiger partial charge in [-0.1, -0.05) is 40.2 Å². The molecule has 98 valence electrons. The highest BCUT2D eigenvalue weighted by atomic mass is 79.9. The van der Waals surface area contributed by atoms with E-state index in [0.29, 0.717) is 0 Å². The summed E-state index contributed by atoms with van der Waals surface area (Å²) in [5, 5.41) is 9.46. The maximum Gasteiger partial charge on any atom is 0.343 e. The molecule has 0 bridgehead atoms. The summed E-state index contributed by atoms with van der Waals surface area (Å²) in [4.78, 5) is 11.0. The maximum atomic E-state index is 13.4. The standard InChI is InChI=1S/C13H14BrFO3/c1-2-18-13(17)12(15)11(16)8-5-9-3-6-10(14)7-4-9/h3-8,11-12,16H,2H2,1H3/b8-5+. The van der Waals surface area contributed by atoms with Crippen LogP contribution in [0, 0.1) is 0 Å². The van der Waals surface area contributed by atoms with Gasteiger partial charge in [0, 0.05) is 4.47 Å². The Kier molecular flexibility index (Phi) is 6.01. The number of ether oxygens (including phenoxy) is 1. The van der Waals surface area contributed by atoms with E-state index in [1.54, 1.807) is 25.1 Å². The molecule has 5 heteroatoms. The van der Waals surface area contributed by atoms with E-state index >= 15 is 0 Å². The van der Waals surface area contributed by atoms with E-state index in [0.717, 1.165) is 10.0 Å². The predicted octanol–water partition coefficient (Wildman–Crippen LogP) is 2.72. The maximum absolute atomic E-state index is 13.4. The Balaban J connectivity index is 2.60. The van der Waals surface area contributed by atoms with Crippen LogP contribution in [0.5, 0.6) is 0 Å². The van der Waals surface area contributed by atoms with E-state index in [4.69, 9.17) is 0 Å². The number of benzene rings is 1. The van der Waals surface area contributed by atoms with Gasteiger partial charge >= 0.3 is 5.97 Å². The molecule has 0 saturated heterocycles. The summed E-state index contributed by atoms with van der Waals surface area (Å²) in [6.07, 6.45) is -0.794. The van der Waals surface area contributed by atoms with Crippen LogP contribution in [-0.2, 0) is 9.53 Å². The molecule has 0 amide bonds. The molecule has 0 radical (unpaired) electrons. The normalized spacial score (nSPS) is 14.4. The molecule has 1 N–H and O–H groups in total. The number of aliphatic hydroxyl groups is 1. The number of hydrogen-bond donors (Lipinski definition) is 1. The van der Waals surface area contributed by atoms with Crippen LogP contribution in [-0.4, -0.2) is 30.0 Å². The quantitative estimate of drug-likeness (QED) is 0.850. The molecule has 0 aliphatic heterocycles. The fraction of sp³-hybridized carbons (Fsp3) is 0.308. The van der Waals surface area contributed by atoms with Gasteiger partial charge in [-0.3, -0.25) is 0 Å². The Morgan fingerprint density at radius 3 is 2.67 bits per heavy atom. The summed E-state index contributed by atoms with van der Waals surface area (Å²) in [7, 11) is 0. The summed E-state index contributed by atoms with van der Waals surface area (Å²) in [6, 6.07) is 7.24. The molecular weight excluding hydrogens is 303 g/mol. The van der Waals surface area contributed by atoms with Crippen LogP contribution in [0.1, 0.15) is 12.5 Å². The zero-order valence-corrected chi connectivity index (χ0v) is 11.4. The van der Waals surface area contributed by atoms with Gasteiger partial charge in [0.1, 0.15) is 6.10 Å². The SMILES string of the molecule is CCOC(=O)C(F)C(O)/C=C/c1ccc(Br)cc1. The van der Waals surface area contributed by atoms with Crippen molar-refractivity contribution >= 4 is 28.0 Å². The van der Waals surface area contributed by atoms with E-state index in [1.807, 2.05) is 12.1 Å². The highest BCUT2D eigenvalue weighted by Crippen LogP contribution is 2.12. The van der Waals surface area contributed by atoms with Crippen molar-refractivity contribution in [2.75, 3.05) is 6.61 Å². The van der Waals surface area contributed by atoms with E-state index in [1.165, 1.54) is 6.08 Å². The fourth-order valence-corrected chi connectivity index (χ4v) is 1.51. The van der Waals surface area contributed by atoms with E-state index in [9.17, 15) is 14.3 Å². The number of aliphatic hydroxyl groups excluding tert-OH is 1. The van der Waals surface area contributed by atoms with E-state index in [-0.39, 0.29) is 6.61 Å². The van der Waals surface area contributed by atoms with Crippen LogP contribution < -0.4 is 0 Å². The number of rotatable bonds is 5. The number of alkyl halides is 1. The third-order valence-electron chi connectivity index (χ3n) is 2.17. The van der Waals surface area contributed by atoms with Gasteiger partial charge < -0.3 is 9.84 Å². The molecule has 1 aromatic carbocycles. The van der Waals surface area contributed by atoms with Crippen LogP contribution in [0.25, 0.3) is 6.08 Å². The van der Waals surface area contributed by atoms with Crippen LogP contribution in [0.2, 0.25) is 0 Å². The minimum absolute atomic E-state index is 0.0857. The highest BCUT2D eigenvalue weighted by molar-refractivity contribution is 9.10. The van der Waals surface area contributed by atoms with Crippen LogP contribution >= 0.6 is 15.9 Å². The predicted molar refractivity (Wildman–Crippen MR) is 70.7 cm³/mol. The van der Waals surface area contributed by atoms with Gasteiger partial charge in [0.15, 0.2) is 0 Å². The van der Waals surface area contributed by atoms with Crippen LogP contribution in [0.15, 0.2) is 34.8 Å². The summed E-state index contributed by atoms with van der Waals surface area (Å²) in [6.45, 7) is 1.66. The van der Waals surface area contributed by atoms with Gasteiger partial charge in [0.25, 0.3) is 0 Å². The van der Waals surface area contributed by atoms with Gasteiger partial charge in [-0.15, -0.1) is 0 Å². The first-order chi connectivity index (χ1) is 8.54. The van der Waals surface area contributed by atoms with Crippen molar-refractivity contribution in [3.8, 4) is 0 Å². The topological polar surface area (TPSA) is 46.5 Å². The monoisotopic (exact) mass is 316 g/mol. The second kappa shape index (κ2) is 7.28. The Bertz CT molecular complexity index is 417. The molecule has 1 aromatic rings. The van der Waals surface area contributed by atoms with Crippen LogP contribution in [0.3, 0.4) is 0 Å². The van der Waals surface area contributed by atoms with E-state index in [2.05, 4.69) is 20.7 Å². The largest absolute Gasteiger partial charge is 0.464 e. The molecule has 0 fully saturated rings. The van der Waals surface area contributed by atoms with Crippen molar-refractivity contribution < 1.29 is 19.0 Å². The van der Waals surface area contributed by atoms with E-state index < -0.39 is 18.2 Å². The van der Waals surface area contributed by atoms with Crippen molar-refractivity contribution in [1.82, 2.24) is 0 Å². The first-order valence-corrected chi connectivity index (χ1v) is 6.26. The third kappa shape index (κ3) is 4.58. The lowest BCUT2D eigenvalue weighted by Crippen LogP contribution is -2.30. The smallest absolute Gasteiger partial charge is 0.343 e. The third-order valence-corrected chi connectivity index (χ3v) is 2.70. The lowest BCUT2D eigenvalue weighted by molar-refractivity contribution is -0.152. The van der Waals surface area contributed by atoms with Crippen molar-refractivity contribution in [2.24, 2.45) is 0 Å². The van der Waals surface area contributed by atoms with Gasteiger partial charge in [-0.25, -0.2) is 9.18 Å². The Morgan fingerprint density at radius 2 is 2.11 bits per heavy atom. The lowest BCUT2D eigenvalue weighted by Gasteiger charge is -2.10. The van der Waals surface area contributed by atoms with Crippen molar-refractivity contribution in [3.63, 3.8) is 0 Å². The van der Waals surface area contributed by atoms with Gasteiger partial charge in [0.2, 0.25) is 6.17 Å². The van der Waals surface area contributed by atoms with Crippen LogP contribution in [0.4, 0.5) is 4.39 Å². The number of hydrogen-bond acceptors (Lipinski definition) is 3. The highest BCUT2D eigenvalue weighted by Gasteiger charge is 2.25. The fourth-order valence-electron chi connectivity index (χ4n) is 1.24. The Hall–Kier alpha value is -1.20. The second-order valence-electron chi connectivity index (χ2n) is 3.56. The second-order valence-corrected chi connectivity index (χ2v) is 4.47. The molecule has 0 aromatic heterocycles. The molecule has 0 aliphatic rings. The molecule has 18 heavy (non-hydrogen) atoms. The molecule has 0 aliphatic carbocycles. The first-order valence-electron chi connectivity index (χ1n) is 5.47.